The monoisotopic (exact) mass is 392 g/mol. The van der Waals surface area contributed by atoms with Crippen molar-refractivity contribution in [1.82, 2.24) is 20.3 Å². The highest BCUT2D eigenvalue weighted by atomic mass is 79.9. The molecule has 0 saturated heterocycles. The van der Waals surface area contributed by atoms with Crippen LogP contribution in [-0.4, -0.2) is 31.9 Å². The molecule has 7 nitrogen and oxygen atoms in total. The summed E-state index contributed by atoms with van der Waals surface area (Å²) in [4.78, 5) is 34.1. The van der Waals surface area contributed by atoms with E-state index in [9.17, 15) is 14.0 Å². The number of aromatic amines is 1. The van der Waals surface area contributed by atoms with Gasteiger partial charge < -0.3 is 15.4 Å². The third-order valence-corrected chi connectivity index (χ3v) is 3.99. The van der Waals surface area contributed by atoms with Gasteiger partial charge in [0.05, 0.1) is 10.9 Å². The summed E-state index contributed by atoms with van der Waals surface area (Å²) >= 11 is 3.30. The van der Waals surface area contributed by atoms with Crippen LogP contribution in [0, 0.1) is 5.82 Å². The van der Waals surface area contributed by atoms with Gasteiger partial charge >= 0.3 is 5.97 Å². The molecule has 0 fully saturated rings. The molecule has 0 aliphatic heterocycles. The first-order chi connectivity index (χ1) is 11.5. The SMILES string of the molecule is O=C(O)c1ccc(F)c(CNC(=O)c2ncnc3[nH]cc(Br)c23)c1. The van der Waals surface area contributed by atoms with Crippen LogP contribution in [0.25, 0.3) is 11.0 Å². The van der Waals surface area contributed by atoms with E-state index in [1.54, 1.807) is 6.20 Å². The van der Waals surface area contributed by atoms with Crippen molar-refractivity contribution in [3.8, 4) is 0 Å². The second-order valence-corrected chi connectivity index (χ2v) is 5.73. The molecule has 0 aliphatic rings. The molecule has 1 amide bonds. The minimum Gasteiger partial charge on any atom is -0.478 e. The van der Waals surface area contributed by atoms with Gasteiger partial charge in [0, 0.05) is 22.8 Å². The summed E-state index contributed by atoms with van der Waals surface area (Å²) in [6, 6.07) is 3.39. The Hall–Kier alpha value is -2.81. The summed E-state index contributed by atoms with van der Waals surface area (Å²) in [6.07, 6.45) is 2.87. The van der Waals surface area contributed by atoms with E-state index in [0.717, 1.165) is 12.1 Å². The quantitative estimate of drug-likeness (QED) is 0.631. The molecule has 2 aromatic heterocycles. The number of carbonyl (C=O) groups is 2. The van der Waals surface area contributed by atoms with Crippen LogP contribution in [0.4, 0.5) is 4.39 Å². The molecule has 3 aromatic rings. The molecule has 122 valence electrons. The third kappa shape index (κ3) is 2.98. The largest absolute Gasteiger partial charge is 0.478 e. The number of halogens is 2. The molecule has 1 aromatic carbocycles. The second-order valence-electron chi connectivity index (χ2n) is 4.88. The van der Waals surface area contributed by atoms with Crippen molar-refractivity contribution in [3.63, 3.8) is 0 Å². The average Bonchev–Trinajstić information content (AvgIpc) is 2.95. The molecular formula is C15H10BrFN4O3. The molecule has 24 heavy (non-hydrogen) atoms. The Morgan fingerprint density at radius 3 is 2.88 bits per heavy atom. The molecule has 3 N–H and O–H groups in total. The number of nitrogens with zero attached hydrogens (tertiary/aromatic N) is 2. The zero-order valence-corrected chi connectivity index (χ0v) is 13.6. The van der Waals surface area contributed by atoms with Crippen molar-refractivity contribution >= 4 is 38.8 Å². The normalized spacial score (nSPS) is 10.8. The number of carboxylic acids is 1. The number of fused-ring (bicyclic) bond motifs is 1. The molecule has 9 heteroatoms. The Morgan fingerprint density at radius 1 is 1.33 bits per heavy atom. The van der Waals surface area contributed by atoms with Gasteiger partial charge in [-0.3, -0.25) is 4.79 Å². The molecule has 0 aliphatic carbocycles. The van der Waals surface area contributed by atoms with Gasteiger partial charge in [-0.2, -0.15) is 0 Å². The number of nitrogens with one attached hydrogen (secondary N) is 2. The summed E-state index contributed by atoms with van der Waals surface area (Å²) in [7, 11) is 0. The fraction of sp³-hybridized carbons (Fsp3) is 0.0667. The Morgan fingerprint density at radius 2 is 2.12 bits per heavy atom. The maximum absolute atomic E-state index is 13.8. The average molecular weight is 393 g/mol. The van der Waals surface area contributed by atoms with Crippen molar-refractivity contribution in [2.24, 2.45) is 0 Å². The third-order valence-electron chi connectivity index (χ3n) is 3.37. The minimum absolute atomic E-state index is 0.0570. The minimum atomic E-state index is -1.17. The lowest BCUT2D eigenvalue weighted by Crippen LogP contribution is -2.24. The van der Waals surface area contributed by atoms with Crippen molar-refractivity contribution in [1.29, 1.82) is 0 Å². The molecule has 0 radical (unpaired) electrons. The summed E-state index contributed by atoms with van der Waals surface area (Å²) in [5.41, 5.74) is 0.629. The number of aromatic carboxylic acids is 1. The number of H-pyrrole nitrogens is 1. The highest BCUT2D eigenvalue weighted by Crippen LogP contribution is 2.24. The van der Waals surface area contributed by atoms with E-state index < -0.39 is 17.7 Å². The highest BCUT2D eigenvalue weighted by Gasteiger charge is 2.17. The lowest BCUT2D eigenvalue weighted by Gasteiger charge is -2.08. The van der Waals surface area contributed by atoms with E-state index >= 15 is 0 Å². The van der Waals surface area contributed by atoms with Crippen LogP contribution in [0.3, 0.4) is 0 Å². The fourth-order valence-electron chi connectivity index (χ4n) is 2.20. The first-order valence-corrected chi connectivity index (χ1v) is 7.54. The summed E-state index contributed by atoms with van der Waals surface area (Å²) in [6.45, 7) is -0.167. The molecule has 0 spiro atoms. The number of benzene rings is 1. The summed E-state index contributed by atoms with van der Waals surface area (Å²) < 4.78 is 14.4. The van der Waals surface area contributed by atoms with Crippen LogP contribution in [0.15, 0.2) is 35.2 Å². The number of aromatic nitrogens is 3. The van der Waals surface area contributed by atoms with E-state index in [2.05, 4.69) is 36.2 Å². The van der Waals surface area contributed by atoms with Gasteiger partial charge in [-0.25, -0.2) is 19.2 Å². The maximum atomic E-state index is 13.8. The summed E-state index contributed by atoms with van der Waals surface area (Å²) in [5, 5.41) is 12.0. The Bertz CT molecular complexity index is 957. The van der Waals surface area contributed by atoms with E-state index in [1.165, 1.54) is 12.4 Å². The Labute approximate surface area is 143 Å². The van der Waals surface area contributed by atoms with Gasteiger partial charge in [0.25, 0.3) is 5.91 Å². The molecule has 3 rings (SSSR count). The molecular weight excluding hydrogens is 383 g/mol. The smallest absolute Gasteiger partial charge is 0.335 e. The maximum Gasteiger partial charge on any atom is 0.335 e. The van der Waals surface area contributed by atoms with Crippen molar-refractivity contribution in [3.05, 3.63) is 57.8 Å². The lowest BCUT2D eigenvalue weighted by atomic mass is 10.1. The van der Waals surface area contributed by atoms with Crippen LogP contribution in [0.5, 0.6) is 0 Å². The predicted octanol–water partition coefficient (Wildman–Crippen LogP) is 2.49. The molecule has 0 unspecified atom stereocenters. The highest BCUT2D eigenvalue weighted by molar-refractivity contribution is 9.10. The van der Waals surface area contributed by atoms with Gasteiger partial charge in [-0.15, -0.1) is 0 Å². The number of carboxylic acid groups (broad SMARTS) is 1. The van der Waals surface area contributed by atoms with Crippen molar-refractivity contribution in [2.45, 2.75) is 6.54 Å². The van der Waals surface area contributed by atoms with Gasteiger partial charge in [0.2, 0.25) is 0 Å². The van der Waals surface area contributed by atoms with Crippen LogP contribution >= 0.6 is 15.9 Å². The zero-order valence-electron chi connectivity index (χ0n) is 12.0. The molecule has 0 saturated carbocycles. The van der Waals surface area contributed by atoms with Crippen LogP contribution < -0.4 is 5.32 Å². The molecule has 0 atom stereocenters. The van der Waals surface area contributed by atoms with E-state index in [4.69, 9.17) is 5.11 Å². The topological polar surface area (TPSA) is 108 Å². The number of hydrogen-bond donors (Lipinski definition) is 3. The Balaban J connectivity index is 1.84. The zero-order chi connectivity index (χ0) is 17.3. The molecule has 0 bridgehead atoms. The number of carbonyl (C=O) groups excluding carboxylic acids is 1. The number of amides is 1. The number of rotatable bonds is 4. The number of hydrogen-bond acceptors (Lipinski definition) is 4. The first kappa shape index (κ1) is 16.1. The first-order valence-electron chi connectivity index (χ1n) is 6.75. The van der Waals surface area contributed by atoms with Gasteiger partial charge in [-0.1, -0.05) is 0 Å². The van der Waals surface area contributed by atoms with Crippen LogP contribution in [0.2, 0.25) is 0 Å². The molecule has 2 heterocycles. The van der Waals surface area contributed by atoms with Gasteiger partial charge in [0.1, 0.15) is 23.5 Å². The van der Waals surface area contributed by atoms with E-state index in [-0.39, 0.29) is 23.4 Å². The van der Waals surface area contributed by atoms with Crippen molar-refractivity contribution < 1.29 is 19.1 Å². The predicted molar refractivity (Wildman–Crippen MR) is 86.1 cm³/mol. The standard InChI is InChI=1S/C15H10BrFN4O3/c16-9-5-18-13-11(9)12(20-6-21-13)14(22)19-4-8-3-7(15(23)24)1-2-10(8)17/h1-3,5-6H,4H2,(H,19,22)(H,23,24)(H,18,20,21). The van der Waals surface area contributed by atoms with Crippen LogP contribution in [-0.2, 0) is 6.54 Å². The van der Waals surface area contributed by atoms with Crippen LogP contribution in [0.1, 0.15) is 26.4 Å². The summed E-state index contributed by atoms with van der Waals surface area (Å²) in [5.74, 6) is -2.30. The fourth-order valence-corrected chi connectivity index (χ4v) is 2.69. The van der Waals surface area contributed by atoms with Gasteiger partial charge in [-0.05, 0) is 34.1 Å². The second kappa shape index (κ2) is 6.36. The Kier molecular flexibility index (Phi) is 4.26. The van der Waals surface area contributed by atoms with E-state index in [1.807, 2.05) is 0 Å². The lowest BCUT2D eigenvalue weighted by molar-refractivity contribution is 0.0696. The van der Waals surface area contributed by atoms with Crippen molar-refractivity contribution in [2.75, 3.05) is 0 Å². The van der Waals surface area contributed by atoms with E-state index in [0.29, 0.717) is 15.5 Å². The van der Waals surface area contributed by atoms with Gasteiger partial charge in [0.15, 0.2) is 0 Å².